The number of rotatable bonds is 3. The number of alkyl halides is 2. The number of esters is 1. The van der Waals surface area contributed by atoms with Gasteiger partial charge in [0.15, 0.2) is 0 Å². The van der Waals surface area contributed by atoms with Crippen LogP contribution in [0.5, 0.6) is 0 Å². The van der Waals surface area contributed by atoms with E-state index < -0.39 is 17.3 Å². The minimum Gasteiger partial charge on any atom is -0.464 e. The minimum atomic E-state index is -2.65. The SMILES string of the molecule is COC(=O)c1cc(C2(CN)CC(F)(F)C2)cn1C. The molecule has 6 heteroatoms. The average molecular weight is 258 g/mol. The van der Waals surface area contributed by atoms with Crippen molar-refractivity contribution in [1.29, 1.82) is 0 Å². The summed E-state index contributed by atoms with van der Waals surface area (Å²) < 4.78 is 32.4. The van der Waals surface area contributed by atoms with E-state index in [1.54, 1.807) is 23.9 Å². The van der Waals surface area contributed by atoms with Crippen molar-refractivity contribution in [3.8, 4) is 0 Å². The van der Waals surface area contributed by atoms with Gasteiger partial charge < -0.3 is 15.0 Å². The van der Waals surface area contributed by atoms with E-state index in [0.717, 1.165) is 0 Å². The van der Waals surface area contributed by atoms with Crippen molar-refractivity contribution in [3.05, 3.63) is 23.5 Å². The number of aromatic nitrogens is 1. The second kappa shape index (κ2) is 4.05. The van der Waals surface area contributed by atoms with E-state index in [2.05, 4.69) is 4.74 Å². The van der Waals surface area contributed by atoms with Crippen LogP contribution in [0.2, 0.25) is 0 Å². The van der Waals surface area contributed by atoms with Crippen LogP contribution in [-0.4, -0.2) is 30.1 Å². The lowest BCUT2D eigenvalue weighted by molar-refractivity contribution is -0.123. The molecule has 0 spiro atoms. The number of halogens is 2. The molecular formula is C12H16F2N2O2. The fourth-order valence-corrected chi connectivity index (χ4v) is 2.57. The van der Waals surface area contributed by atoms with Gasteiger partial charge in [-0.05, 0) is 11.6 Å². The Balaban J connectivity index is 2.32. The van der Waals surface area contributed by atoms with Gasteiger partial charge in [-0.1, -0.05) is 0 Å². The van der Waals surface area contributed by atoms with E-state index in [1.807, 2.05) is 0 Å². The summed E-state index contributed by atoms with van der Waals surface area (Å²) in [6.45, 7) is 0.146. The van der Waals surface area contributed by atoms with Gasteiger partial charge in [-0.3, -0.25) is 0 Å². The first-order valence-corrected chi connectivity index (χ1v) is 5.67. The maximum absolute atomic E-state index is 13.1. The lowest BCUT2D eigenvalue weighted by Gasteiger charge is -2.46. The molecule has 0 atom stereocenters. The highest BCUT2D eigenvalue weighted by Crippen LogP contribution is 2.53. The van der Waals surface area contributed by atoms with Crippen LogP contribution >= 0.6 is 0 Å². The Hall–Kier alpha value is -1.43. The lowest BCUT2D eigenvalue weighted by atomic mass is 9.62. The van der Waals surface area contributed by atoms with Crippen LogP contribution in [-0.2, 0) is 17.2 Å². The van der Waals surface area contributed by atoms with Gasteiger partial charge in [0.25, 0.3) is 0 Å². The third kappa shape index (κ3) is 1.90. The number of methoxy groups -OCH3 is 1. The summed E-state index contributed by atoms with van der Waals surface area (Å²) in [5.74, 6) is -3.14. The summed E-state index contributed by atoms with van der Waals surface area (Å²) in [5.41, 5.74) is 5.94. The number of carbonyl (C=O) groups is 1. The molecule has 18 heavy (non-hydrogen) atoms. The number of hydrogen-bond acceptors (Lipinski definition) is 3. The van der Waals surface area contributed by atoms with Crippen molar-refractivity contribution in [1.82, 2.24) is 4.57 Å². The van der Waals surface area contributed by atoms with Gasteiger partial charge in [-0.15, -0.1) is 0 Å². The molecule has 2 N–H and O–H groups in total. The molecule has 0 aliphatic heterocycles. The van der Waals surface area contributed by atoms with Crippen LogP contribution in [0.25, 0.3) is 0 Å². The Kier molecular flexibility index (Phi) is 2.93. The Morgan fingerprint density at radius 1 is 1.56 bits per heavy atom. The molecule has 0 radical (unpaired) electrons. The van der Waals surface area contributed by atoms with Crippen molar-refractivity contribution in [2.75, 3.05) is 13.7 Å². The topological polar surface area (TPSA) is 57.2 Å². The van der Waals surface area contributed by atoms with Gasteiger partial charge in [-0.25, -0.2) is 13.6 Å². The van der Waals surface area contributed by atoms with Gasteiger partial charge >= 0.3 is 5.97 Å². The number of nitrogens with zero attached hydrogens (tertiary/aromatic N) is 1. The Labute approximate surface area is 104 Å². The molecule has 100 valence electrons. The predicted octanol–water partition coefficient (Wildman–Crippen LogP) is 1.44. The summed E-state index contributed by atoms with van der Waals surface area (Å²) in [7, 11) is 2.96. The monoisotopic (exact) mass is 258 g/mol. The van der Waals surface area contributed by atoms with Crippen LogP contribution in [0.1, 0.15) is 28.9 Å². The Bertz CT molecular complexity index is 474. The molecule has 1 aromatic heterocycles. The Morgan fingerprint density at radius 3 is 2.61 bits per heavy atom. The highest BCUT2D eigenvalue weighted by Gasteiger charge is 2.56. The summed E-state index contributed by atoms with van der Waals surface area (Å²) in [5, 5.41) is 0. The van der Waals surface area contributed by atoms with Crippen molar-refractivity contribution in [2.45, 2.75) is 24.2 Å². The van der Waals surface area contributed by atoms with E-state index in [-0.39, 0.29) is 19.4 Å². The second-order valence-electron chi connectivity index (χ2n) is 4.91. The maximum Gasteiger partial charge on any atom is 0.354 e. The molecule has 4 nitrogen and oxygen atoms in total. The zero-order valence-corrected chi connectivity index (χ0v) is 10.4. The molecule has 1 saturated carbocycles. The lowest BCUT2D eigenvalue weighted by Crippen LogP contribution is -2.53. The average Bonchev–Trinajstić information content (AvgIpc) is 2.66. The van der Waals surface area contributed by atoms with Gasteiger partial charge in [0.1, 0.15) is 5.69 Å². The number of hydrogen-bond donors (Lipinski definition) is 1. The molecular weight excluding hydrogens is 242 g/mol. The first-order chi connectivity index (χ1) is 8.33. The van der Waals surface area contributed by atoms with Gasteiger partial charge in [0.2, 0.25) is 5.92 Å². The van der Waals surface area contributed by atoms with Crippen molar-refractivity contribution in [3.63, 3.8) is 0 Å². The van der Waals surface area contributed by atoms with Gasteiger partial charge in [0, 0.05) is 38.0 Å². The second-order valence-corrected chi connectivity index (χ2v) is 4.91. The fourth-order valence-electron chi connectivity index (χ4n) is 2.57. The van der Waals surface area contributed by atoms with Crippen LogP contribution in [0, 0.1) is 0 Å². The first kappa shape index (κ1) is 13.0. The molecule has 1 heterocycles. The van der Waals surface area contributed by atoms with Crippen molar-refractivity contribution in [2.24, 2.45) is 12.8 Å². The van der Waals surface area contributed by atoms with Gasteiger partial charge in [-0.2, -0.15) is 0 Å². The van der Waals surface area contributed by atoms with Crippen LogP contribution < -0.4 is 5.73 Å². The molecule has 0 aromatic carbocycles. The largest absolute Gasteiger partial charge is 0.464 e. The van der Waals surface area contributed by atoms with Crippen LogP contribution in [0.15, 0.2) is 12.3 Å². The zero-order chi connectivity index (χ0) is 13.6. The molecule has 0 unspecified atom stereocenters. The molecule has 1 aliphatic rings. The number of aryl methyl sites for hydroxylation is 1. The summed E-state index contributed by atoms with van der Waals surface area (Å²) in [4.78, 5) is 11.5. The standard InChI is InChI=1S/C12H16F2N2O2/c1-16-4-8(3-9(16)10(17)18-2)11(7-15)5-12(13,14)6-11/h3-4H,5-7,15H2,1-2H3. The number of carbonyl (C=O) groups excluding carboxylic acids is 1. The third-order valence-electron chi connectivity index (χ3n) is 3.60. The van der Waals surface area contributed by atoms with Gasteiger partial charge in [0.05, 0.1) is 7.11 Å². The smallest absolute Gasteiger partial charge is 0.354 e. The highest BCUT2D eigenvalue weighted by molar-refractivity contribution is 5.88. The molecule has 0 amide bonds. The van der Waals surface area contributed by atoms with Crippen molar-refractivity contribution >= 4 is 5.97 Å². The highest BCUT2D eigenvalue weighted by atomic mass is 19.3. The molecule has 0 saturated heterocycles. The molecule has 1 aromatic rings. The fraction of sp³-hybridized carbons (Fsp3) is 0.583. The third-order valence-corrected chi connectivity index (χ3v) is 3.60. The summed E-state index contributed by atoms with van der Waals surface area (Å²) in [6.07, 6.45) is 1.15. The van der Waals surface area contributed by atoms with E-state index >= 15 is 0 Å². The number of nitrogens with two attached hydrogens (primary N) is 1. The molecule has 1 aliphatic carbocycles. The zero-order valence-electron chi connectivity index (χ0n) is 10.4. The molecule has 0 bridgehead atoms. The van der Waals surface area contributed by atoms with E-state index in [0.29, 0.717) is 11.3 Å². The van der Waals surface area contributed by atoms with E-state index in [4.69, 9.17) is 5.73 Å². The normalized spacial score (nSPS) is 20.3. The van der Waals surface area contributed by atoms with E-state index in [9.17, 15) is 13.6 Å². The number of ether oxygens (including phenoxy) is 1. The Morgan fingerprint density at radius 2 is 2.17 bits per heavy atom. The van der Waals surface area contributed by atoms with Crippen LogP contribution in [0.3, 0.4) is 0 Å². The molecule has 1 fully saturated rings. The van der Waals surface area contributed by atoms with E-state index in [1.165, 1.54) is 7.11 Å². The maximum atomic E-state index is 13.1. The predicted molar refractivity (Wildman–Crippen MR) is 61.7 cm³/mol. The van der Waals surface area contributed by atoms with Crippen LogP contribution in [0.4, 0.5) is 8.78 Å². The first-order valence-electron chi connectivity index (χ1n) is 5.67. The molecule has 2 rings (SSSR count). The van der Waals surface area contributed by atoms with Crippen molar-refractivity contribution < 1.29 is 18.3 Å². The summed E-state index contributed by atoms with van der Waals surface area (Å²) >= 11 is 0. The summed E-state index contributed by atoms with van der Waals surface area (Å²) in [6, 6.07) is 1.59. The minimum absolute atomic E-state index is 0.146. The quantitative estimate of drug-likeness (QED) is 0.834.